The van der Waals surface area contributed by atoms with Crippen LogP contribution in [-0.4, -0.2) is 23.9 Å². The van der Waals surface area contributed by atoms with E-state index in [4.69, 9.17) is 5.73 Å². The van der Waals surface area contributed by atoms with Crippen LogP contribution in [0.5, 0.6) is 0 Å². The van der Waals surface area contributed by atoms with E-state index < -0.39 is 5.82 Å². The third-order valence-electron chi connectivity index (χ3n) is 2.65. The van der Waals surface area contributed by atoms with Crippen molar-refractivity contribution in [2.45, 2.75) is 12.8 Å². The molecule has 4 heteroatoms. The maximum atomic E-state index is 13.4. The van der Waals surface area contributed by atoms with Gasteiger partial charge in [-0.05, 0) is 25.0 Å². The van der Waals surface area contributed by atoms with E-state index in [1.54, 1.807) is 11.0 Å². The SMILES string of the molecule is Nc1cccc(F)c1C(=O)N1CCCC1. The highest BCUT2D eigenvalue weighted by molar-refractivity contribution is 5.99. The molecule has 2 rings (SSSR count). The lowest BCUT2D eigenvalue weighted by molar-refractivity contribution is 0.0789. The molecule has 1 heterocycles. The van der Waals surface area contributed by atoms with Crippen LogP contribution >= 0.6 is 0 Å². The second-order valence-electron chi connectivity index (χ2n) is 3.70. The molecule has 3 nitrogen and oxygen atoms in total. The van der Waals surface area contributed by atoms with Gasteiger partial charge in [0.25, 0.3) is 5.91 Å². The number of benzene rings is 1. The minimum Gasteiger partial charge on any atom is -0.398 e. The minimum absolute atomic E-state index is 0.0133. The molecule has 1 saturated heterocycles. The van der Waals surface area contributed by atoms with Gasteiger partial charge in [-0.25, -0.2) is 4.39 Å². The lowest BCUT2D eigenvalue weighted by Crippen LogP contribution is -2.29. The van der Waals surface area contributed by atoms with Crippen LogP contribution in [0.25, 0.3) is 0 Å². The van der Waals surface area contributed by atoms with E-state index in [0.717, 1.165) is 12.8 Å². The molecule has 0 radical (unpaired) electrons. The first kappa shape index (κ1) is 9.96. The molecule has 0 atom stereocenters. The van der Waals surface area contributed by atoms with Crippen LogP contribution in [0.2, 0.25) is 0 Å². The standard InChI is InChI=1S/C11H13FN2O/c12-8-4-3-5-9(13)10(8)11(15)14-6-1-2-7-14/h3-5H,1-2,6-7,13H2. The second-order valence-corrected chi connectivity index (χ2v) is 3.70. The number of nitrogens with two attached hydrogens (primary N) is 1. The Morgan fingerprint density at radius 3 is 2.60 bits per heavy atom. The van der Waals surface area contributed by atoms with Crippen molar-refractivity contribution >= 4 is 11.6 Å². The van der Waals surface area contributed by atoms with Crippen molar-refractivity contribution in [1.82, 2.24) is 4.90 Å². The van der Waals surface area contributed by atoms with E-state index in [0.29, 0.717) is 13.1 Å². The average Bonchev–Trinajstić information content (AvgIpc) is 2.69. The van der Waals surface area contributed by atoms with Crippen LogP contribution in [0, 0.1) is 5.82 Å². The predicted octanol–water partition coefficient (Wildman–Crippen LogP) is 1.64. The zero-order valence-electron chi connectivity index (χ0n) is 8.37. The number of hydrogen-bond donors (Lipinski definition) is 1. The van der Waals surface area contributed by atoms with Crippen molar-refractivity contribution in [3.8, 4) is 0 Å². The van der Waals surface area contributed by atoms with Crippen molar-refractivity contribution in [3.05, 3.63) is 29.6 Å². The Bertz CT molecular complexity index is 366. The second kappa shape index (κ2) is 3.88. The zero-order chi connectivity index (χ0) is 10.8. The van der Waals surface area contributed by atoms with Crippen molar-refractivity contribution in [2.75, 3.05) is 18.8 Å². The van der Waals surface area contributed by atoms with E-state index >= 15 is 0 Å². The van der Waals surface area contributed by atoms with E-state index in [2.05, 4.69) is 0 Å². The fourth-order valence-corrected chi connectivity index (χ4v) is 1.84. The molecule has 80 valence electrons. The number of hydrogen-bond acceptors (Lipinski definition) is 2. The Morgan fingerprint density at radius 1 is 1.33 bits per heavy atom. The summed E-state index contributed by atoms with van der Waals surface area (Å²) in [4.78, 5) is 13.5. The van der Waals surface area contributed by atoms with E-state index in [1.165, 1.54) is 12.1 Å². The molecule has 0 saturated carbocycles. The normalized spacial score (nSPS) is 15.7. The fraction of sp³-hybridized carbons (Fsp3) is 0.364. The Kier molecular flexibility index (Phi) is 2.58. The fourth-order valence-electron chi connectivity index (χ4n) is 1.84. The van der Waals surface area contributed by atoms with E-state index in [1.807, 2.05) is 0 Å². The number of anilines is 1. The third kappa shape index (κ3) is 1.79. The molecule has 0 aromatic heterocycles. The summed E-state index contributed by atoms with van der Waals surface area (Å²) >= 11 is 0. The number of nitrogens with zero attached hydrogens (tertiary/aromatic N) is 1. The molecule has 0 bridgehead atoms. The third-order valence-corrected chi connectivity index (χ3v) is 2.65. The largest absolute Gasteiger partial charge is 0.398 e. The maximum Gasteiger partial charge on any atom is 0.258 e. The van der Waals surface area contributed by atoms with E-state index in [-0.39, 0.29) is 17.2 Å². The summed E-state index contributed by atoms with van der Waals surface area (Å²) in [7, 11) is 0. The molecule has 1 aliphatic rings. The summed E-state index contributed by atoms with van der Waals surface area (Å²) in [5.41, 5.74) is 5.83. The summed E-state index contributed by atoms with van der Waals surface area (Å²) in [5, 5.41) is 0. The number of carbonyl (C=O) groups excluding carboxylic acids is 1. The Balaban J connectivity index is 2.32. The van der Waals surface area contributed by atoms with Crippen LogP contribution in [0.15, 0.2) is 18.2 Å². The highest BCUT2D eigenvalue weighted by Gasteiger charge is 2.23. The molecule has 0 aliphatic carbocycles. The van der Waals surface area contributed by atoms with Crippen molar-refractivity contribution in [3.63, 3.8) is 0 Å². The number of nitrogen functional groups attached to an aromatic ring is 1. The van der Waals surface area contributed by atoms with Gasteiger partial charge in [0.2, 0.25) is 0 Å². The summed E-state index contributed by atoms with van der Waals surface area (Å²) in [5.74, 6) is -0.824. The molecule has 1 amide bonds. The first-order valence-electron chi connectivity index (χ1n) is 5.03. The molecule has 15 heavy (non-hydrogen) atoms. The van der Waals surface area contributed by atoms with Gasteiger partial charge < -0.3 is 10.6 Å². The van der Waals surface area contributed by atoms with Crippen LogP contribution in [0.3, 0.4) is 0 Å². The number of rotatable bonds is 1. The lowest BCUT2D eigenvalue weighted by Gasteiger charge is -2.16. The quantitative estimate of drug-likeness (QED) is 0.713. The summed E-state index contributed by atoms with van der Waals surface area (Å²) in [6, 6.07) is 4.32. The Hall–Kier alpha value is -1.58. The van der Waals surface area contributed by atoms with Gasteiger partial charge in [-0.3, -0.25) is 4.79 Å². The van der Waals surface area contributed by atoms with Gasteiger partial charge in [0, 0.05) is 18.8 Å². The van der Waals surface area contributed by atoms with Gasteiger partial charge in [-0.1, -0.05) is 6.07 Å². The average molecular weight is 208 g/mol. The van der Waals surface area contributed by atoms with Gasteiger partial charge >= 0.3 is 0 Å². The van der Waals surface area contributed by atoms with Gasteiger partial charge in [0.1, 0.15) is 5.82 Å². The van der Waals surface area contributed by atoms with Crippen molar-refractivity contribution in [1.29, 1.82) is 0 Å². The molecule has 0 unspecified atom stereocenters. The number of likely N-dealkylation sites (tertiary alicyclic amines) is 1. The highest BCUT2D eigenvalue weighted by Crippen LogP contribution is 2.20. The molecule has 1 aliphatic heterocycles. The summed E-state index contributed by atoms with van der Waals surface area (Å²) in [6.07, 6.45) is 1.97. The lowest BCUT2D eigenvalue weighted by atomic mass is 10.1. The predicted molar refractivity (Wildman–Crippen MR) is 55.9 cm³/mol. The van der Waals surface area contributed by atoms with Crippen LogP contribution in [0.1, 0.15) is 23.2 Å². The van der Waals surface area contributed by atoms with Gasteiger partial charge in [-0.2, -0.15) is 0 Å². The first-order chi connectivity index (χ1) is 7.20. The molecule has 1 aromatic carbocycles. The topological polar surface area (TPSA) is 46.3 Å². The molecule has 1 aromatic rings. The summed E-state index contributed by atoms with van der Waals surface area (Å²) < 4.78 is 13.4. The van der Waals surface area contributed by atoms with Crippen molar-refractivity contribution in [2.24, 2.45) is 0 Å². The van der Waals surface area contributed by atoms with Crippen molar-refractivity contribution < 1.29 is 9.18 Å². The first-order valence-corrected chi connectivity index (χ1v) is 5.03. The molecule has 2 N–H and O–H groups in total. The van der Waals surface area contributed by atoms with E-state index in [9.17, 15) is 9.18 Å². The molecular weight excluding hydrogens is 195 g/mol. The highest BCUT2D eigenvalue weighted by atomic mass is 19.1. The molecule has 0 spiro atoms. The Morgan fingerprint density at radius 2 is 2.00 bits per heavy atom. The molecule has 1 fully saturated rings. The minimum atomic E-state index is -0.535. The van der Waals surface area contributed by atoms with Crippen LogP contribution < -0.4 is 5.73 Å². The molecular formula is C11H13FN2O. The number of amides is 1. The van der Waals surface area contributed by atoms with Gasteiger partial charge in [-0.15, -0.1) is 0 Å². The smallest absolute Gasteiger partial charge is 0.258 e. The Labute approximate surface area is 87.7 Å². The number of halogens is 1. The van der Waals surface area contributed by atoms with Crippen LogP contribution in [0.4, 0.5) is 10.1 Å². The van der Waals surface area contributed by atoms with Crippen LogP contribution in [-0.2, 0) is 0 Å². The maximum absolute atomic E-state index is 13.4. The van der Waals surface area contributed by atoms with Gasteiger partial charge in [0.05, 0.1) is 5.56 Å². The van der Waals surface area contributed by atoms with Gasteiger partial charge in [0.15, 0.2) is 0 Å². The zero-order valence-corrected chi connectivity index (χ0v) is 8.37. The monoisotopic (exact) mass is 208 g/mol. The summed E-state index contributed by atoms with van der Waals surface area (Å²) in [6.45, 7) is 1.40. The number of carbonyl (C=O) groups is 1.